The van der Waals surface area contributed by atoms with Crippen LogP contribution in [-0.4, -0.2) is 42.5 Å². The van der Waals surface area contributed by atoms with Crippen molar-refractivity contribution in [2.75, 3.05) is 13.7 Å². The number of para-hydroxylation sites is 1. The van der Waals surface area contributed by atoms with Crippen LogP contribution in [0, 0.1) is 0 Å². The lowest BCUT2D eigenvalue weighted by atomic mass is 10.0. The van der Waals surface area contributed by atoms with Crippen LogP contribution < -0.4 is 14.8 Å². The largest absolute Gasteiger partial charge is 0.497 e. The minimum absolute atomic E-state index is 0.0404. The summed E-state index contributed by atoms with van der Waals surface area (Å²) in [6, 6.07) is 14.7. The van der Waals surface area contributed by atoms with Crippen LogP contribution in [-0.2, 0) is 16.1 Å². The first-order valence-electron chi connectivity index (χ1n) is 11.7. The summed E-state index contributed by atoms with van der Waals surface area (Å²) in [4.78, 5) is 28.0. The molecule has 33 heavy (non-hydrogen) atoms. The van der Waals surface area contributed by atoms with E-state index < -0.39 is 6.04 Å². The summed E-state index contributed by atoms with van der Waals surface area (Å²) in [7, 11) is 1.61. The highest BCUT2D eigenvalue weighted by Crippen LogP contribution is 2.26. The summed E-state index contributed by atoms with van der Waals surface area (Å²) in [5.41, 5.74) is 1.97. The van der Waals surface area contributed by atoms with Gasteiger partial charge in [-0.2, -0.15) is 0 Å². The second-order valence-electron chi connectivity index (χ2n) is 8.59. The van der Waals surface area contributed by atoms with Gasteiger partial charge in [0.05, 0.1) is 7.11 Å². The Hall–Kier alpha value is -3.02. The van der Waals surface area contributed by atoms with Gasteiger partial charge in [0.15, 0.2) is 6.61 Å². The molecule has 2 atom stereocenters. The molecule has 0 radical (unpaired) electrons. The summed E-state index contributed by atoms with van der Waals surface area (Å²) in [6.45, 7) is 10.3. The predicted molar refractivity (Wildman–Crippen MR) is 132 cm³/mol. The molecule has 0 saturated carbocycles. The van der Waals surface area contributed by atoms with Gasteiger partial charge < -0.3 is 19.7 Å². The zero-order valence-corrected chi connectivity index (χ0v) is 20.8. The van der Waals surface area contributed by atoms with Gasteiger partial charge in [-0.25, -0.2) is 0 Å². The fourth-order valence-electron chi connectivity index (χ4n) is 3.60. The van der Waals surface area contributed by atoms with Gasteiger partial charge in [-0.1, -0.05) is 58.0 Å². The molecule has 0 spiro atoms. The van der Waals surface area contributed by atoms with Crippen LogP contribution in [0.4, 0.5) is 0 Å². The molecular formula is C27H38N2O4. The van der Waals surface area contributed by atoms with Gasteiger partial charge in [-0.15, -0.1) is 0 Å². The van der Waals surface area contributed by atoms with E-state index in [1.165, 1.54) is 0 Å². The highest BCUT2D eigenvalue weighted by Gasteiger charge is 2.29. The molecule has 0 heterocycles. The molecule has 2 unspecified atom stereocenters. The Balaban J connectivity index is 2.25. The van der Waals surface area contributed by atoms with Crippen LogP contribution in [0.1, 0.15) is 64.5 Å². The quantitative estimate of drug-likeness (QED) is 0.494. The maximum absolute atomic E-state index is 13.4. The topological polar surface area (TPSA) is 67.9 Å². The molecular weight excluding hydrogens is 416 g/mol. The average molecular weight is 455 g/mol. The van der Waals surface area contributed by atoms with Gasteiger partial charge in [0.2, 0.25) is 5.91 Å². The van der Waals surface area contributed by atoms with Gasteiger partial charge in [0.1, 0.15) is 17.5 Å². The van der Waals surface area contributed by atoms with Crippen LogP contribution in [0.25, 0.3) is 0 Å². The lowest BCUT2D eigenvalue weighted by molar-refractivity contribution is -0.143. The Morgan fingerprint density at radius 2 is 1.64 bits per heavy atom. The minimum atomic E-state index is -0.586. The lowest BCUT2D eigenvalue weighted by Gasteiger charge is -2.31. The SMILES string of the molecule is CCC(C)NC(=O)C(CC)N(Cc1ccc(OC)cc1)C(=O)COc1ccccc1C(C)C. The zero-order valence-electron chi connectivity index (χ0n) is 20.8. The molecule has 2 amide bonds. The fraction of sp³-hybridized carbons (Fsp3) is 0.481. The molecule has 6 nitrogen and oxygen atoms in total. The molecule has 6 heteroatoms. The smallest absolute Gasteiger partial charge is 0.261 e. The predicted octanol–water partition coefficient (Wildman–Crippen LogP) is 4.92. The van der Waals surface area contributed by atoms with E-state index in [1.54, 1.807) is 12.0 Å². The number of carbonyl (C=O) groups is 2. The Morgan fingerprint density at radius 1 is 0.970 bits per heavy atom. The number of carbonyl (C=O) groups excluding carboxylic acids is 2. The Labute approximate surface area is 198 Å². The Kier molecular flexibility index (Phi) is 10.2. The molecule has 1 N–H and O–H groups in total. The van der Waals surface area contributed by atoms with Crippen molar-refractivity contribution in [1.29, 1.82) is 0 Å². The number of hydrogen-bond donors (Lipinski definition) is 1. The van der Waals surface area contributed by atoms with Crippen molar-refractivity contribution in [2.45, 2.75) is 72.0 Å². The second-order valence-corrected chi connectivity index (χ2v) is 8.59. The van der Waals surface area contributed by atoms with Crippen LogP contribution in [0.2, 0.25) is 0 Å². The van der Waals surface area contributed by atoms with Crippen molar-refractivity contribution in [3.8, 4) is 11.5 Å². The van der Waals surface area contributed by atoms with Gasteiger partial charge in [-0.05, 0) is 55.0 Å². The summed E-state index contributed by atoms with van der Waals surface area (Å²) in [5, 5.41) is 3.02. The van der Waals surface area contributed by atoms with Gasteiger partial charge >= 0.3 is 0 Å². The molecule has 0 bridgehead atoms. The van der Waals surface area contributed by atoms with Crippen molar-refractivity contribution >= 4 is 11.8 Å². The normalized spacial score (nSPS) is 12.7. The van der Waals surface area contributed by atoms with Crippen molar-refractivity contribution in [3.63, 3.8) is 0 Å². The Bertz CT molecular complexity index is 895. The molecule has 0 aliphatic heterocycles. The number of nitrogens with zero attached hydrogens (tertiary/aromatic N) is 1. The first-order chi connectivity index (χ1) is 15.8. The molecule has 0 aromatic heterocycles. The number of hydrogen-bond acceptors (Lipinski definition) is 4. The summed E-state index contributed by atoms with van der Waals surface area (Å²) < 4.78 is 11.2. The minimum Gasteiger partial charge on any atom is -0.497 e. The molecule has 0 aliphatic carbocycles. The molecule has 2 rings (SSSR count). The Morgan fingerprint density at radius 3 is 2.21 bits per heavy atom. The van der Waals surface area contributed by atoms with Gasteiger partial charge in [0, 0.05) is 12.6 Å². The third-order valence-corrected chi connectivity index (χ3v) is 5.79. The third-order valence-electron chi connectivity index (χ3n) is 5.79. The number of nitrogens with one attached hydrogen (secondary N) is 1. The van der Waals surface area contributed by atoms with E-state index in [0.717, 1.165) is 23.3 Å². The highest BCUT2D eigenvalue weighted by molar-refractivity contribution is 5.88. The van der Waals surface area contributed by atoms with Gasteiger partial charge in [0.25, 0.3) is 5.91 Å². The molecule has 0 saturated heterocycles. The number of rotatable bonds is 12. The van der Waals surface area contributed by atoms with Crippen molar-refractivity contribution in [3.05, 3.63) is 59.7 Å². The van der Waals surface area contributed by atoms with Crippen molar-refractivity contribution < 1.29 is 19.1 Å². The van der Waals surface area contributed by atoms with Crippen LogP contribution in [0.5, 0.6) is 11.5 Å². The highest BCUT2D eigenvalue weighted by atomic mass is 16.5. The molecule has 2 aromatic carbocycles. The fourth-order valence-corrected chi connectivity index (χ4v) is 3.60. The van der Waals surface area contributed by atoms with E-state index in [-0.39, 0.29) is 30.4 Å². The van der Waals surface area contributed by atoms with E-state index in [4.69, 9.17) is 9.47 Å². The van der Waals surface area contributed by atoms with Crippen LogP contribution >= 0.6 is 0 Å². The van der Waals surface area contributed by atoms with Crippen LogP contribution in [0.3, 0.4) is 0 Å². The lowest BCUT2D eigenvalue weighted by Crippen LogP contribution is -2.51. The first-order valence-corrected chi connectivity index (χ1v) is 11.7. The number of ether oxygens (including phenoxy) is 2. The van der Waals surface area contributed by atoms with E-state index in [0.29, 0.717) is 18.7 Å². The van der Waals surface area contributed by atoms with E-state index in [1.807, 2.05) is 69.3 Å². The van der Waals surface area contributed by atoms with Crippen LogP contribution in [0.15, 0.2) is 48.5 Å². The molecule has 180 valence electrons. The van der Waals surface area contributed by atoms with Crippen molar-refractivity contribution in [1.82, 2.24) is 10.2 Å². The average Bonchev–Trinajstić information content (AvgIpc) is 2.82. The third kappa shape index (κ3) is 7.52. The first kappa shape index (κ1) is 26.2. The van der Waals surface area contributed by atoms with E-state index in [9.17, 15) is 9.59 Å². The van der Waals surface area contributed by atoms with E-state index in [2.05, 4.69) is 19.2 Å². The second kappa shape index (κ2) is 12.9. The summed E-state index contributed by atoms with van der Waals surface area (Å²) in [5.74, 6) is 1.34. The van der Waals surface area contributed by atoms with E-state index >= 15 is 0 Å². The summed E-state index contributed by atoms with van der Waals surface area (Å²) >= 11 is 0. The molecule has 0 aliphatic rings. The maximum atomic E-state index is 13.4. The molecule has 0 fully saturated rings. The van der Waals surface area contributed by atoms with Crippen molar-refractivity contribution in [2.24, 2.45) is 0 Å². The summed E-state index contributed by atoms with van der Waals surface area (Å²) in [6.07, 6.45) is 1.33. The monoisotopic (exact) mass is 454 g/mol. The number of methoxy groups -OCH3 is 1. The molecule has 2 aromatic rings. The standard InChI is InChI=1S/C27H38N2O4/c1-7-20(5)28-27(31)24(8-2)29(17-21-13-15-22(32-6)16-14-21)26(30)18-33-25-12-10-9-11-23(25)19(3)4/h9-16,19-20,24H,7-8,17-18H2,1-6H3,(H,28,31). The number of benzene rings is 2. The van der Waals surface area contributed by atoms with Gasteiger partial charge in [-0.3, -0.25) is 9.59 Å². The number of amides is 2. The zero-order chi connectivity index (χ0) is 24.4. The maximum Gasteiger partial charge on any atom is 0.261 e.